The van der Waals surface area contributed by atoms with Crippen LogP contribution in [-0.4, -0.2) is 47.3 Å². The molecule has 2 heterocycles. The summed E-state index contributed by atoms with van der Waals surface area (Å²) >= 11 is 0. The lowest BCUT2D eigenvalue weighted by atomic mass is 10.00. The van der Waals surface area contributed by atoms with E-state index < -0.39 is 0 Å². The topological polar surface area (TPSA) is 61.8 Å². The first-order valence-electron chi connectivity index (χ1n) is 9.02. The number of nitrogens with one attached hydrogen (secondary N) is 1. The summed E-state index contributed by atoms with van der Waals surface area (Å²) in [5.74, 6) is 0.934. The SMILES string of the molecule is C[C@H](O)C[C@@H]1CCCN1[C@@H](C)C(=O)N[C@H]1CCOc2ccccc21. The van der Waals surface area contributed by atoms with Crippen molar-refractivity contribution < 1.29 is 14.6 Å². The number of hydrogen-bond acceptors (Lipinski definition) is 4. The Bertz CT molecular complexity index is 575. The molecule has 1 saturated heterocycles. The molecule has 0 bridgehead atoms. The zero-order valence-electron chi connectivity index (χ0n) is 14.6. The minimum absolute atomic E-state index is 0.0164. The first-order valence-corrected chi connectivity index (χ1v) is 9.02. The maximum atomic E-state index is 12.8. The van der Waals surface area contributed by atoms with Crippen LogP contribution in [0.15, 0.2) is 24.3 Å². The minimum atomic E-state index is -0.326. The fourth-order valence-corrected chi connectivity index (χ4v) is 3.95. The third-order valence-corrected chi connectivity index (χ3v) is 5.19. The summed E-state index contributed by atoms with van der Waals surface area (Å²) in [4.78, 5) is 15.0. The summed E-state index contributed by atoms with van der Waals surface area (Å²) in [7, 11) is 0. The smallest absolute Gasteiger partial charge is 0.237 e. The van der Waals surface area contributed by atoms with E-state index in [0.29, 0.717) is 12.6 Å². The van der Waals surface area contributed by atoms with Gasteiger partial charge < -0.3 is 15.2 Å². The summed E-state index contributed by atoms with van der Waals surface area (Å²) in [5, 5.41) is 12.9. The van der Waals surface area contributed by atoms with E-state index in [1.807, 2.05) is 38.1 Å². The quantitative estimate of drug-likeness (QED) is 0.868. The molecule has 0 spiro atoms. The Labute approximate surface area is 144 Å². The molecular weight excluding hydrogens is 304 g/mol. The van der Waals surface area contributed by atoms with Crippen LogP contribution >= 0.6 is 0 Å². The molecule has 1 aromatic rings. The Morgan fingerprint density at radius 3 is 2.96 bits per heavy atom. The maximum Gasteiger partial charge on any atom is 0.237 e. The van der Waals surface area contributed by atoms with Gasteiger partial charge in [-0.05, 0) is 45.7 Å². The molecule has 1 amide bonds. The average Bonchev–Trinajstić information content (AvgIpc) is 3.01. The number of carbonyl (C=O) groups is 1. The third kappa shape index (κ3) is 3.73. The molecule has 1 aromatic carbocycles. The molecule has 0 unspecified atom stereocenters. The number of para-hydroxylation sites is 1. The number of aliphatic hydroxyl groups is 1. The summed E-state index contributed by atoms with van der Waals surface area (Å²) in [6.45, 7) is 5.35. The number of rotatable bonds is 5. The largest absolute Gasteiger partial charge is 0.493 e. The molecule has 5 heteroatoms. The molecule has 0 saturated carbocycles. The molecule has 4 atom stereocenters. The highest BCUT2D eigenvalue weighted by atomic mass is 16.5. The number of carbonyl (C=O) groups excluding carboxylic acids is 1. The molecule has 0 radical (unpaired) electrons. The van der Waals surface area contributed by atoms with E-state index in [2.05, 4.69) is 10.2 Å². The second kappa shape index (κ2) is 7.53. The zero-order valence-corrected chi connectivity index (χ0v) is 14.6. The molecule has 2 N–H and O–H groups in total. The van der Waals surface area contributed by atoms with Crippen molar-refractivity contribution >= 4 is 5.91 Å². The van der Waals surface area contributed by atoms with Gasteiger partial charge in [0.15, 0.2) is 0 Å². The Morgan fingerprint density at radius 2 is 2.17 bits per heavy atom. The highest BCUT2D eigenvalue weighted by Gasteiger charge is 2.34. The number of fused-ring (bicyclic) bond motifs is 1. The van der Waals surface area contributed by atoms with Crippen molar-refractivity contribution in [3.05, 3.63) is 29.8 Å². The minimum Gasteiger partial charge on any atom is -0.493 e. The fourth-order valence-electron chi connectivity index (χ4n) is 3.95. The number of ether oxygens (including phenoxy) is 1. The van der Waals surface area contributed by atoms with Crippen molar-refractivity contribution in [1.29, 1.82) is 0 Å². The van der Waals surface area contributed by atoms with Gasteiger partial charge in [-0.2, -0.15) is 0 Å². The maximum absolute atomic E-state index is 12.8. The first-order chi connectivity index (χ1) is 11.6. The normalized spacial score (nSPS) is 26.3. The molecule has 1 fully saturated rings. The second-order valence-corrected chi connectivity index (χ2v) is 7.03. The number of aliphatic hydroxyl groups excluding tert-OH is 1. The summed E-state index contributed by atoms with van der Waals surface area (Å²) in [5.41, 5.74) is 1.06. The van der Waals surface area contributed by atoms with Crippen molar-refractivity contribution in [3.63, 3.8) is 0 Å². The van der Waals surface area contributed by atoms with E-state index in [4.69, 9.17) is 4.74 Å². The van der Waals surface area contributed by atoms with Gasteiger partial charge in [-0.1, -0.05) is 18.2 Å². The van der Waals surface area contributed by atoms with Crippen LogP contribution in [-0.2, 0) is 4.79 Å². The third-order valence-electron chi connectivity index (χ3n) is 5.19. The van der Waals surface area contributed by atoms with Crippen molar-refractivity contribution in [2.45, 2.75) is 63.8 Å². The van der Waals surface area contributed by atoms with Gasteiger partial charge in [0.1, 0.15) is 5.75 Å². The molecule has 132 valence electrons. The second-order valence-electron chi connectivity index (χ2n) is 7.03. The average molecular weight is 332 g/mol. The van der Waals surface area contributed by atoms with Crippen molar-refractivity contribution in [3.8, 4) is 5.75 Å². The van der Waals surface area contributed by atoms with Crippen LogP contribution in [0.1, 0.15) is 51.1 Å². The van der Waals surface area contributed by atoms with Crippen LogP contribution in [0.3, 0.4) is 0 Å². The van der Waals surface area contributed by atoms with E-state index in [1.54, 1.807) is 0 Å². The Kier molecular flexibility index (Phi) is 5.41. The van der Waals surface area contributed by atoms with Crippen molar-refractivity contribution in [2.24, 2.45) is 0 Å². The van der Waals surface area contributed by atoms with Crippen LogP contribution in [0, 0.1) is 0 Å². The molecule has 24 heavy (non-hydrogen) atoms. The van der Waals surface area contributed by atoms with Gasteiger partial charge in [-0.25, -0.2) is 0 Å². The predicted octanol–water partition coefficient (Wildman–Crippen LogP) is 2.25. The summed E-state index contributed by atoms with van der Waals surface area (Å²) in [6.07, 6.45) is 3.36. The molecule has 0 aromatic heterocycles. The predicted molar refractivity (Wildman–Crippen MR) is 92.9 cm³/mol. The molecule has 2 aliphatic heterocycles. The van der Waals surface area contributed by atoms with Crippen molar-refractivity contribution in [2.75, 3.05) is 13.2 Å². The number of benzene rings is 1. The van der Waals surface area contributed by atoms with Crippen LogP contribution in [0.2, 0.25) is 0 Å². The van der Waals surface area contributed by atoms with Gasteiger partial charge in [0.2, 0.25) is 5.91 Å². The molecule has 3 rings (SSSR count). The molecule has 5 nitrogen and oxygen atoms in total. The number of likely N-dealkylation sites (tertiary alicyclic amines) is 1. The first kappa shape index (κ1) is 17.2. The summed E-state index contributed by atoms with van der Waals surface area (Å²) in [6, 6.07) is 8.06. The van der Waals surface area contributed by atoms with Gasteiger partial charge in [0, 0.05) is 18.0 Å². The van der Waals surface area contributed by atoms with Gasteiger partial charge in [-0.3, -0.25) is 9.69 Å². The molecule has 0 aliphatic carbocycles. The van der Waals surface area contributed by atoms with Gasteiger partial charge >= 0.3 is 0 Å². The number of nitrogens with zero attached hydrogens (tertiary/aromatic N) is 1. The van der Waals surface area contributed by atoms with E-state index in [0.717, 1.165) is 43.5 Å². The van der Waals surface area contributed by atoms with Crippen LogP contribution in [0.25, 0.3) is 0 Å². The van der Waals surface area contributed by atoms with E-state index in [1.165, 1.54) is 0 Å². The molecular formula is C19H28N2O3. The van der Waals surface area contributed by atoms with Gasteiger partial charge in [-0.15, -0.1) is 0 Å². The summed E-state index contributed by atoms with van der Waals surface area (Å²) < 4.78 is 5.67. The van der Waals surface area contributed by atoms with Crippen LogP contribution in [0.4, 0.5) is 0 Å². The van der Waals surface area contributed by atoms with Gasteiger partial charge in [0.05, 0.1) is 24.8 Å². The Morgan fingerprint density at radius 1 is 1.38 bits per heavy atom. The lowest BCUT2D eigenvalue weighted by molar-refractivity contribution is -0.127. The Hall–Kier alpha value is -1.59. The molecule has 2 aliphatic rings. The lowest BCUT2D eigenvalue weighted by Gasteiger charge is -2.33. The zero-order chi connectivity index (χ0) is 17.1. The van der Waals surface area contributed by atoms with E-state index >= 15 is 0 Å². The number of hydrogen-bond donors (Lipinski definition) is 2. The van der Waals surface area contributed by atoms with Crippen molar-refractivity contribution in [1.82, 2.24) is 10.2 Å². The monoisotopic (exact) mass is 332 g/mol. The van der Waals surface area contributed by atoms with E-state index in [-0.39, 0.29) is 24.1 Å². The highest BCUT2D eigenvalue weighted by molar-refractivity contribution is 5.82. The lowest BCUT2D eigenvalue weighted by Crippen LogP contribution is -2.49. The van der Waals surface area contributed by atoms with Crippen LogP contribution < -0.4 is 10.1 Å². The fraction of sp³-hybridized carbons (Fsp3) is 0.632. The van der Waals surface area contributed by atoms with Gasteiger partial charge in [0.25, 0.3) is 0 Å². The van der Waals surface area contributed by atoms with Crippen LogP contribution in [0.5, 0.6) is 5.75 Å². The highest BCUT2D eigenvalue weighted by Crippen LogP contribution is 2.32. The Balaban J connectivity index is 1.65. The van der Waals surface area contributed by atoms with E-state index in [9.17, 15) is 9.90 Å². The standard InChI is InChI=1S/C19H28N2O3/c1-13(22)12-15-6-5-10-21(15)14(2)19(23)20-17-9-11-24-18-8-4-3-7-16(17)18/h3-4,7-8,13-15,17,22H,5-6,9-12H2,1-2H3,(H,20,23)/t13-,14-,15-,17-/m0/s1. The number of amides is 1.